The maximum absolute atomic E-state index is 13.0. The fraction of sp³-hybridized carbons (Fsp3) is 0.300. The van der Waals surface area contributed by atoms with Gasteiger partial charge in [0.05, 0.1) is 13.2 Å². The second-order valence-electron chi connectivity index (χ2n) is 6.09. The van der Waals surface area contributed by atoms with Crippen LogP contribution < -0.4 is 4.74 Å². The van der Waals surface area contributed by atoms with E-state index in [-0.39, 0.29) is 17.7 Å². The lowest BCUT2D eigenvalue weighted by atomic mass is 10.0. The van der Waals surface area contributed by atoms with Gasteiger partial charge in [-0.25, -0.2) is 0 Å². The maximum atomic E-state index is 13.0. The van der Waals surface area contributed by atoms with Crippen LogP contribution >= 0.6 is 0 Å². The molecule has 1 aliphatic carbocycles. The molecule has 0 saturated heterocycles. The first-order valence-corrected chi connectivity index (χ1v) is 8.09. The number of benzene rings is 2. The fourth-order valence-corrected chi connectivity index (χ4v) is 3.28. The summed E-state index contributed by atoms with van der Waals surface area (Å²) in [6.07, 6.45) is 1.14. The molecule has 2 aromatic carbocycles. The number of Topliss-reactive ketones (excluding diaryl/α,β-unsaturated/α-hetero) is 1. The molecular weight excluding hydrogens is 302 g/mol. The molecule has 4 heteroatoms. The number of hydrogen-bond donors (Lipinski definition) is 0. The summed E-state index contributed by atoms with van der Waals surface area (Å²) in [5.41, 5.74) is 3.16. The van der Waals surface area contributed by atoms with Crippen molar-refractivity contribution in [3.63, 3.8) is 0 Å². The van der Waals surface area contributed by atoms with E-state index in [4.69, 9.17) is 4.74 Å². The van der Waals surface area contributed by atoms with E-state index in [1.807, 2.05) is 43.3 Å². The van der Waals surface area contributed by atoms with Crippen LogP contribution in [-0.2, 0) is 6.42 Å². The molecule has 0 N–H and O–H groups in total. The Morgan fingerprint density at radius 1 is 1.12 bits per heavy atom. The largest absolute Gasteiger partial charge is 0.496 e. The van der Waals surface area contributed by atoms with E-state index in [1.165, 1.54) is 0 Å². The predicted molar refractivity (Wildman–Crippen MR) is 92.6 cm³/mol. The molecule has 4 nitrogen and oxygen atoms in total. The van der Waals surface area contributed by atoms with Crippen LogP contribution in [-0.4, -0.2) is 30.7 Å². The SMILES string of the molecule is COc1ccccc1C(C)N(C)C(=O)c1cccc2c1CCC2=O. The third-order valence-electron chi connectivity index (χ3n) is 4.80. The molecule has 1 unspecified atom stereocenters. The van der Waals surface area contributed by atoms with Gasteiger partial charge in [-0.3, -0.25) is 9.59 Å². The highest BCUT2D eigenvalue weighted by Crippen LogP contribution is 2.31. The molecule has 0 spiro atoms. The summed E-state index contributed by atoms with van der Waals surface area (Å²) in [5.74, 6) is 0.818. The van der Waals surface area contributed by atoms with Gasteiger partial charge in [-0.2, -0.15) is 0 Å². The summed E-state index contributed by atoms with van der Waals surface area (Å²) < 4.78 is 5.41. The van der Waals surface area contributed by atoms with Crippen molar-refractivity contribution in [2.75, 3.05) is 14.2 Å². The molecular formula is C20H21NO3. The number of carbonyl (C=O) groups is 2. The third kappa shape index (κ3) is 2.68. The number of ether oxygens (including phenoxy) is 1. The van der Waals surface area contributed by atoms with E-state index in [9.17, 15) is 9.59 Å². The molecule has 0 aromatic heterocycles. The molecule has 124 valence electrons. The van der Waals surface area contributed by atoms with Gasteiger partial charge < -0.3 is 9.64 Å². The van der Waals surface area contributed by atoms with E-state index >= 15 is 0 Å². The smallest absolute Gasteiger partial charge is 0.254 e. The van der Waals surface area contributed by atoms with E-state index in [2.05, 4.69) is 0 Å². The zero-order valence-electron chi connectivity index (χ0n) is 14.2. The Labute approximate surface area is 142 Å². The monoisotopic (exact) mass is 323 g/mol. The lowest BCUT2D eigenvalue weighted by Crippen LogP contribution is -2.30. The van der Waals surface area contributed by atoms with Gasteiger partial charge in [0.2, 0.25) is 0 Å². The van der Waals surface area contributed by atoms with Crippen LogP contribution in [0.2, 0.25) is 0 Å². The first kappa shape index (κ1) is 16.2. The van der Waals surface area contributed by atoms with Gasteiger partial charge in [-0.1, -0.05) is 30.3 Å². The number of rotatable bonds is 4. The number of fused-ring (bicyclic) bond motifs is 1. The van der Waals surface area contributed by atoms with Gasteiger partial charge in [-0.05, 0) is 31.0 Å². The summed E-state index contributed by atoms with van der Waals surface area (Å²) in [5, 5.41) is 0. The maximum Gasteiger partial charge on any atom is 0.254 e. The van der Waals surface area contributed by atoms with Gasteiger partial charge in [0.25, 0.3) is 5.91 Å². The average molecular weight is 323 g/mol. The van der Waals surface area contributed by atoms with Crippen LogP contribution in [0.5, 0.6) is 5.75 Å². The van der Waals surface area contributed by atoms with Crippen molar-refractivity contribution >= 4 is 11.7 Å². The van der Waals surface area contributed by atoms with Crippen molar-refractivity contribution in [1.29, 1.82) is 0 Å². The summed E-state index contributed by atoms with van der Waals surface area (Å²) in [6, 6.07) is 13.0. The molecule has 0 aliphatic heterocycles. The van der Waals surface area contributed by atoms with E-state index < -0.39 is 0 Å². The Kier molecular flexibility index (Phi) is 4.38. The zero-order chi connectivity index (χ0) is 17.3. The first-order chi connectivity index (χ1) is 11.5. The second kappa shape index (κ2) is 6.48. The zero-order valence-corrected chi connectivity index (χ0v) is 14.2. The van der Waals surface area contributed by atoms with Gasteiger partial charge in [-0.15, -0.1) is 0 Å². The Morgan fingerprint density at radius 3 is 2.62 bits per heavy atom. The average Bonchev–Trinajstić information content (AvgIpc) is 3.01. The Morgan fingerprint density at radius 2 is 1.88 bits per heavy atom. The van der Waals surface area contributed by atoms with Crippen molar-refractivity contribution in [3.8, 4) is 5.75 Å². The van der Waals surface area contributed by atoms with Crippen LogP contribution in [0.25, 0.3) is 0 Å². The van der Waals surface area contributed by atoms with Crippen molar-refractivity contribution in [2.45, 2.75) is 25.8 Å². The summed E-state index contributed by atoms with van der Waals surface area (Å²) >= 11 is 0. The van der Waals surface area contributed by atoms with Crippen molar-refractivity contribution in [2.24, 2.45) is 0 Å². The number of carbonyl (C=O) groups excluding carboxylic acids is 2. The van der Waals surface area contributed by atoms with Crippen LogP contribution in [0.3, 0.4) is 0 Å². The number of amides is 1. The molecule has 1 amide bonds. The molecule has 0 bridgehead atoms. The summed E-state index contributed by atoms with van der Waals surface area (Å²) in [6.45, 7) is 1.98. The molecule has 1 aliphatic rings. The minimum absolute atomic E-state index is 0.0695. The molecule has 24 heavy (non-hydrogen) atoms. The highest BCUT2D eigenvalue weighted by Gasteiger charge is 2.28. The molecule has 1 atom stereocenters. The van der Waals surface area contributed by atoms with Gasteiger partial charge >= 0.3 is 0 Å². The van der Waals surface area contributed by atoms with E-state index in [0.29, 0.717) is 24.0 Å². The minimum Gasteiger partial charge on any atom is -0.496 e. The Hall–Kier alpha value is -2.62. The number of nitrogens with zero attached hydrogens (tertiary/aromatic N) is 1. The van der Waals surface area contributed by atoms with Crippen LogP contribution in [0.15, 0.2) is 42.5 Å². The van der Waals surface area contributed by atoms with Crippen molar-refractivity contribution in [1.82, 2.24) is 4.90 Å². The van der Waals surface area contributed by atoms with Crippen molar-refractivity contribution < 1.29 is 14.3 Å². The number of ketones is 1. The fourth-order valence-electron chi connectivity index (χ4n) is 3.28. The van der Waals surface area contributed by atoms with Gasteiger partial charge in [0.1, 0.15) is 5.75 Å². The van der Waals surface area contributed by atoms with Crippen LogP contribution in [0.4, 0.5) is 0 Å². The number of hydrogen-bond acceptors (Lipinski definition) is 3. The summed E-state index contributed by atoms with van der Waals surface area (Å²) in [4.78, 5) is 26.6. The first-order valence-electron chi connectivity index (χ1n) is 8.09. The third-order valence-corrected chi connectivity index (χ3v) is 4.80. The van der Waals surface area contributed by atoms with E-state index in [1.54, 1.807) is 25.1 Å². The molecule has 0 fully saturated rings. The highest BCUT2D eigenvalue weighted by molar-refractivity contribution is 6.05. The molecule has 0 heterocycles. The molecule has 0 saturated carbocycles. The molecule has 2 aromatic rings. The lowest BCUT2D eigenvalue weighted by Gasteiger charge is -2.27. The number of para-hydroxylation sites is 1. The highest BCUT2D eigenvalue weighted by atomic mass is 16.5. The molecule has 3 rings (SSSR count). The second-order valence-corrected chi connectivity index (χ2v) is 6.09. The predicted octanol–water partition coefficient (Wildman–Crippen LogP) is 3.66. The van der Waals surface area contributed by atoms with Crippen LogP contribution in [0, 0.1) is 0 Å². The van der Waals surface area contributed by atoms with Gasteiger partial charge in [0, 0.05) is 30.2 Å². The van der Waals surface area contributed by atoms with E-state index in [0.717, 1.165) is 16.9 Å². The standard InChI is InChI=1S/C20H21NO3/c1-13(14-7-4-5-10-19(14)24-3)21(2)20(23)17-9-6-8-16-15(17)11-12-18(16)22/h4-10,13H,11-12H2,1-3H3. The Balaban J connectivity index is 1.92. The minimum atomic E-state index is -0.137. The number of methoxy groups -OCH3 is 1. The molecule has 0 radical (unpaired) electrons. The normalized spacial score (nSPS) is 14.2. The quantitative estimate of drug-likeness (QED) is 0.862. The summed E-state index contributed by atoms with van der Waals surface area (Å²) in [7, 11) is 3.42. The van der Waals surface area contributed by atoms with Gasteiger partial charge in [0.15, 0.2) is 5.78 Å². The lowest BCUT2D eigenvalue weighted by molar-refractivity contribution is 0.0740. The van der Waals surface area contributed by atoms with Crippen LogP contribution in [0.1, 0.15) is 51.2 Å². The Bertz CT molecular complexity index is 797. The van der Waals surface area contributed by atoms with Crippen molar-refractivity contribution in [3.05, 3.63) is 64.7 Å². The topological polar surface area (TPSA) is 46.6 Å².